The summed E-state index contributed by atoms with van der Waals surface area (Å²) < 4.78 is 4.84. The van der Waals surface area contributed by atoms with Crippen LogP contribution >= 0.6 is 0 Å². The van der Waals surface area contributed by atoms with Gasteiger partial charge in [-0.25, -0.2) is 0 Å². The normalized spacial score (nSPS) is 14.9. The van der Waals surface area contributed by atoms with Crippen molar-refractivity contribution < 1.29 is 0 Å². The van der Waals surface area contributed by atoms with Crippen LogP contribution in [-0.2, 0) is 0 Å². The van der Waals surface area contributed by atoms with Crippen molar-refractivity contribution in [3.63, 3.8) is 0 Å². The van der Waals surface area contributed by atoms with E-state index in [1.165, 1.54) is 32.7 Å². The van der Waals surface area contributed by atoms with Crippen LogP contribution in [0.2, 0.25) is 9.50 Å². The van der Waals surface area contributed by atoms with Gasteiger partial charge in [0.15, 0.2) is 0 Å². The average molecular weight is 411 g/mol. The van der Waals surface area contributed by atoms with Gasteiger partial charge in [-0.15, -0.1) is 0 Å². The van der Waals surface area contributed by atoms with E-state index < -0.39 is 13.3 Å². The average Bonchev–Trinajstić information content (AvgIpc) is 3.00. The molecule has 0 nitrogen and oxygen atoms in total. The summed E-state index contributed by atoms with van der Waals surface area (Å²) in [6, 6.07) is 27.5. The van der Waals surface area contributed by atoms with E-state index in [9.17, 15) is 0 Å². The summed E-state index contributed by atoms with van der Waals surface area (Å²) in [5, 5.41) is 5.78. The third kappa shape index (κ3) is 2.11. The Morgan fingerprint density at radius 1 is 0.519 bits per heavy atom. The SMILES string of the molecule is C[CH](C)[Ge]1([CH](C)C)[c]2c(ccc3ccccc23)-c2ccc3ccccc3[c]21. The standard InChI is InChI=1S/C26H26Ge/c1-17(2)27(18(3)4)25-21-11-7-5-9-19(21)13-15-23(25)24-16-14-20-10-6-8-12-22(20)26(24)27/h5-18H,1-4H3. The van der Waals surface area contributed by atoms with Crippen molar-refractivity contribution >= 4 is 43.6 Å². The predicted octanol–water partition coefficient (Wildman–Crippen LogP) is 6.36. The van der Waals surface area contributed by atoms with Crippen LogP contribution in [0.1, 0.15) is 27.7 Å². The van der Waals surface area contributed by atoms with Crippen LogP contribution < -0.4 is 8.79 Å². The molecule has 0 atom stereocenters. The van der Waals surface area contributed by atoms with Gasteiger partial charge < -0.3 is 0 Å². The molecule has 0 radical (unpaired) electrons. The quantitative estimate of drug-likeness (QED) is 0.337. The second kappa shape index (κ2) is 5.97. The van der Waals surface area contributed by atoms with Gasteiger partial charge in [0, 0.05) is 0 Å². The Morgan fingerprint density at radius 3 is 1.33 bits per heavy atom. The Bertz CT molecular complexity index is 1090. The van der Waals surface area contributed by atoms with Crippen LogP contribution in [0.5, 0.6) is 0 Å². The number of hydrogen-bond donors (Lipinski definition) is 0. The van der Waals surface area contributed by atoms with Gasteiger partial charge in [0.05, 0.1) is 0 Å². The number of benzene rings is 4. The molecule has 0 bridgehead atoms. The minimum absolute atomic E-state index is 0.696. The first kappa shape index (κ1) is 17.1. The first-order chi connectivity index (χ1) is 13.1. The molecule has 1 aliphatic rings. The Labute approximate surface area is 164 Å². The molecule has 1 aliphatic heterocycles. The van der Waals surface area contributed by atoms with Crippen LogP contribution in [-0.4, -0.2) is 13.3 Å². The minimum atomic E-state index is -2.65. The van der Waals surface area contributed by atoms with Gasteiger partial charge in [0.1, 0.15) is 0 Å². The molecule has 0 saturated heterocycles. The zero-order valence-electron chi connectivity index (χ0n) is 16.6. The molecule has 0 amide bonds. The Kier molecular flexibility index (Phi) is 3.77. The van der Waals surface area contributed by atoms with Crippen LogP contribution in [0.15, 0.2) is 72.8 Å². The molecule has 0 saturated carbocycles. The fourth-order valence-electron chi connectivity index (χ4n) is 5.83. The summed E-state index contributed by atoms with van der Waals surface area (Å²) in [7, 11) is 0. The zero-order chi connectivity index (χ0) is 18.8. The fraction of sp³-hybridized carbons (Fsp3) is 0.231. The van der Waals surface area contributed by atoms with Crippen LogP contribution in [0, 0.1) is 0 Å². The topological polar surface area (TPSA) is 0 Å². The molecule has 0 fully saturated rings. The van der Waals surface area contributed by atoms with Gasteiger partial charge in [0.25, 0.3) is 0 Å². The molecule has 5 rings (SSSR count). The van der Waals surface area contributed by atoms with Gasteiger partial charge >= 0.3 is 165 Å². The summed E-state index contributed by atoms with van der Waals surface area (Å²) in [6.45, 7) is 9.95. The molecule has 0 unspecified atom stereocenters. The second-order valence-electron chi connectivity index (χ2n) is 8.60. The van der Waals surface area contributed by atoms with Crippen molar-refractivity contribution in [2.45, 2.75) is 37.2 Å². The van der Waals surface area contributed by atoms with E-state index >= 15 is 0 Å². The predicted molar refractivity (Wildman–Crippen MR) is 122 cm³/mol. The fourth-order valence-corrected chi connectivity index (χ4v) is 19.6. The molecule has 134 valence electrons. The molecular weight excluding hydrogens is 385 g/mol. The van der Waals surface area contributed by atoms with E-state index in [1.807, 2.05) is 0 Å². The first-order valence-electron chi connectivity index (χ1n) is 10.1. The zero-order valence-corrected chi connectivity index (χ0v) is 18.7. The van der Waals surface area contributed by atoms with Crippen molar-refractivity contribution in [2.75, 3.05) is 0 Å². The van der Waals surface area contributed by atoms with Crippen LogP contribution in [0.25, 0.3) is 32.7 Å². The molecule has 0 spiro atoms. The third-order valence-corrected chi connectivity index (χ3v) is 20.2. The monoisotopic (exact) mass is 412 g/mol. The summed E-state index contributed by atoms with van der Waals surface area (Å²) in [4.78, 5) is 0. The van der Waals surface area contributed by atoms with Crippen molar-refractivity contribution in [1.29, 1.82) is 0 Å². The van der Waals surface area contributed by atoms with Crippen LogP contribution in [0.3, 0.4) is 0 Å². The summed E-state index contributed by atoms with van der Waals surface area (Å²) in [5.74, 6) is 0. The van der Waals surface area contributed by atoms with Gasteiger partial charge in [-0.1, -0.05) is 0 Å². The number of fused-ring (bicyclic) bond motifs is 7. The van der Waals surface area contributed by atoms with Crippen molar-refractivity contribution in [3.8, 4) is 11.1 Å². The van der Waals surface area contributed by atoms with E-state index in [2.05, 4.69) is 100 Å². The third-order valence-electron chi connectivity index (χ3n) is 6.80. The molecule has 0 aromatic heterocycles. The number of hydrogen-bond acceptors (Lipinski definition) is 0. The summed E-state index contributed by atoms with van der Waals surface area (Å²) in [6.07, 6.45) is 0. The number of rotatable bonds is 2. The van der Waals surface area contributed by atoms with E-state index in [0.29, 0.717) is 9.50 Å². The Balaban J connectivity index is 2.05. The second-order valence-corrected chi connectivity index (χ2v) is 19.2. The Hall–Kier alpha value is -2.06. The molecule has 27 heavy (non-hydrogen) atoms. The molecule has 4 aromatic carbocycles. The van der Waals surface area contributed by atoms with E-state index in [4.69, 9.17) is 0 Å². The summed E-state index contributed by atoms with van der Waals surface area (Å²) >= 11 is -2.65. The molecule has 0 N–H and O–H groups in total. The molecule has 4 aromatic rings. The van der Waals surface area contributed by atoms with Crippen molar-refractivity contribution in [3.05, 3.63) is 72.8 Å². The first-order valence-corrected chi connectivity index (χ1v) is 14.6. The van der Waals surface area contributed by atoms with Crippen molar-refractivity contribution in [2.24, 2.45) is 0 Å². The van der Waals surface area contributed by atoms with E-state index in [0.717, 1.165) is 0 Å². The van der Waals surface area contributed by atoms with Gasteiger partial charge in [-0.05, 0) is 0 Å². The molecule has 1 heterocycles. The van der Waals surface area contributed by atoms with Gasteiger partial charge in [0.2, 0.25) is 0 Å². The van der Waals surface area contributed by atoms with Crippen LogP contribution in [0.4, 0.5) is 0 Å². The molecular formula is C26H26Ge. The molecule has 1 heteroatoms. The summed E-state index contributed by atoms with van der Waals surface area (Å²) in [5.41, 5.74) is 3.02. The molecule has 0 aliphatic carbocycles. The van der Waals surface area contributed by atoms with E-state index in [1.54, 1.807) is 8.79 Å². The maximum atomic E-state index is 2.49. The van der Waals surface area contributed by atoms with Crippen molar-refractivity contribution in [1.82, 2.24) is 0 Å². The maximum absolute atomic E-state index is 2.65. The van der Waals surface area contributed by atoms with Gasteiger partial charge in [-0.3, -0.25) is 0 Å². The van der Waals surface area contributed by atoms with Gasteiger partial charge in [-0.2, -0.15) is 0 Å². The van der Waals surface area contributed by atoms with E-state index in [-0.39, 0.29) is 0 Å². The Morgan fingerprint density at radius 2 is 0.926 bits per heavy atom.